The van der Waals surface area contributed by atoms with Crippen LogP contribution in [0.3, 0.4) is 0 Å². The molecule has 14 heavy (non-hydrogen) atoms. The van der Waals surface area contributed by atoms with E-state index in [-0.39, 0.29) is 12.6 Å². The minimum Gasteiger partial charge on any atom is -0.395 e. The number of primary amides is 1. The second-order valence-corrected chi connectivity index (χ2v) is 3.42. The molecule has 0 aromatic heterocycles. The summed E-state index contributed by atoms with van der Waals surface area (Å²) in [5.74, 6) is -0.520. The average Bonchev–Trinajstić information content (AvgIpc) is 2.18. The first kappa shape index (κ1) is 11.4. The molecule has 82 valence electrons. The van der Waals surface area contributed by atoms with Gasteiger partial charge in [-0.05, 0) is 0 Å². The quantitative estimate of drug-likeness (QED) is 0.468. The maximum absolute atomic E-state index is 10.7. The van der Waals surface area contributed by atoms with Gasteiger partial charge in [-0.25, -0.2) is 0 Å². The van der Waals surface area contributed by atoms with Crippen molar-refractivity contribution < 1.29 is 14.6 Å². The Morgan fingerprint density at radius 2 is 2.43 bits per heavy atom. The highest BCUT2D eigenvalue weighted by Gasteiger charge is 2.25. The second-order valence-electron chi connectivity index (χ2n) is 3.42. The van der Waals surface area contributed by atoms with Crippen LogP contribution in [-0.4, -0.2) is 60.9 Å². The maximum atomic E-state index is 10.7. The van der Waals surface area contributed by atoms with E-state index < -0.39 is 11.9 Å². The van der Waals surface area contributed by atoms with Crippen molar-refractivity contribution in [3.8, 4) is 0 Å². The van der Waals surface area contributed by atoms with E-state index in [9.17, 15) is 4.79 Å². The van der Waals surface area contributed by atoms with Crippen molar-refractivity contribution >= 4 is 5.91 Å². The molecule has 1 saturated heterocycles. The molecule has 1 heterocycles. The van der Waals surface area contributed by atoms with Crippen molar-refractivity contribution in [3.05, 3.63) is 0 Å². The maximum Gasteiger partial charge on any atom is 0.235 e. The van der Waals surface area contributed by atoms with E-state index in [4.69, 9.17) is 21.3 Å². The summed E-state index contributed by atoms with van der Waals surface area (Å²) < 4.78 is 5.19. The van der Waals surface area contributed by atoms with Gasteiger partial charge in [-0.2, -0.15) is 0 Å². The van der Waals surface area contributed by atoms with Gasteiger partial charge in [0.25, 0.3) is 0 Å². The number of hydrogen-bond acceptors (Lipinski definition) is 5. The molecule has 0 spiro atoms. The highest BCUT2D eigenvalue weighted by atomic mass is 16.5. The smallest absolute Gasteiger partial charge is 0.235 e. The van der Waals surface area contributed by atoms with Gasteiger partial charge in [0.2, 0.25) is 5.91 Å². The fourth-order valence-corrected chi connectivity index (χ4v) is 1.44. The van der Waals surface area contributed by atoms with Crippen LogP contribution in [0.1, 0.15) is 0 Å². The SMILES string of the molecule is NC(=O)C(N)CN1CCOCC1CO. The van der Waals surface area contributed by atoms with Crippen LogP contribution in [0.4, 0.5) is 0 Å². The summed E-state index contributed by atoms with van der Waals surface area (Å²) in [5.41, 5.74) is 10.6. The predicted octanol–water partition coefficient (Wildman–Crippen LogP) is -2.51. The monoisotopic (exact) mass is 203 g/mol. The highest BCUT2D eigenvalue weighted by molar-refractivity contribution is 5.79. The fourth-order valence-electron chi connectivity index (χ4n) is 1.44. The molecule has 0 saturated carbocycles. The van der Waals surface area contributed by atoms with E-state index in [2.05, 4.69) is 0 Å². The lowest BCUT2D eigenvalue weighted by Crippen LogP contribution is -2.54. The molecule has 0 radical (unpaired) electrons. The zero-order valence-corrected chi connectivity index (χ0v) is 8.06. The van der Waals surface area contributed by atoms with Gasteiger partial charge < -0.3 is 21.3 Å². The van der Waals surface area contributed by atoms with E-state index in [1.54, 1.807) is 0 Å². The number of ether oxygens (including phenoxy) is 1. The van der Waals surface area contributed by atoms with Crippen LogP contribution in [0, 0.1) is 0 Å². The molecular formula is C8H17N3O3. The number of amides is 1. The van der Waals surface area contributed by atoms with Crippen molar-refractivity contribution in [1.29, 1.82) is 0 Å². The minimum absolute atomic E-state index is 0.00544. The largest absolute Gasteiger partial charge is 0.395 e. The van der Waals surface area contributed by atoms with Crippen molar-refractivity contribution in [3.63, 3.8) is 0 Å². The molecule has 6 nitrogen and oxygen atoms in total. The molecule has 0 aromatic carbocycles. The topological polar surface area (TPSA) is 102 Å². The van der Waals surface area contributed by atoms with E-state index in [1.165, 1.54) is 0 Å². The number of rotatable bonds is 4. The second kappa shape index (κ2) is 5.26. The Bertz CT molecular complexity index is 200. The van der Waals surface area contributed by atoms with Gasteiger partial charge in [0.1, 0.15) is 0 Å². The number of aliphatic hydroxyl groups excluding tert-OH is 1. The van der Waals surface area contributed by atoms with Gasteiger partial charge in [-0.3, -0.25) is 9.69 Å². The van der Waals surface area contributed by atoms with Crippen LogP contribution in [0.25, 0.3) is 0 Å². The molecule has 1 amide bonds. The van der Waals surface area contributed by atoms with Crippen molar-refractivity contribution in [2.45, 2.75) is 12.1 Å². The molecule has 1 rings (SSSR count). The normalized spacial score (nSPS) is 26.0. The molecule has 0 bridgehead atoms. The van der Waals surface area contributed by atoms with Gasteiger partial charge in [-0.15, -0.1) is 0 Å². The van der Waals surface area contributed by atoms with Gasteiger partial charge in [0, 0.05) is 13.1 Å². The molecule has 1 fully saturated rings. The van der Waals surface area contributed by atoms with Crippen LogP contribution in [0.2, 0.25) is 0 Å². The number of nitrogens with two attached hydrogens (primary N) is 2. The third-order valence-corrected chi connectivity index (χ3v) is 2.36. The van der Waals surface area contributed by atoms with Crippen molar-refractivity contribution in [2.24, 2.45) is 11.5 Å². The van der Waals surface area contributed by atoms with Crippen molar-refractivity contribution in [1.82, 2.24) is 4.90 Å². The van der Waals surface area contributed by atoms with Crippen LogP contribution < -0.4 is 11.5 Å². The Morgan fingerprint density at radius 3 is 3.00 bits per heavy atom. The Morgan fingerprint density at radius 1 is 1.71 bits per heavy atom. The Kier molecular flexibility index (Phi) is 4.27. The molecule has 1 aliphatic heterocycles. The lowest BCUT2D eigenvalue weighted by molar-refractivity contribution is -0.120. The molecule has 2 atom stereocenters. The molecule has 6 heteroatoms. The Balaban J connectivity index is 2.44. The number of carbonyl (C=O) groups excluding carboxylic acids is 1. The lowest BCUT2D eigenvalue weighted by atomic mass is 10.2. The average molecular weight is 203 g/mol. The summed E-state index contributed by atoms with van der Waals surface area (Å²) in [4.78, 5) is 12.7. The van der Waals surface area contributed by atoms with E-state index >= 15 is 0 Å². The minimum atomic E-state index is -0.679. The first-order valence-corrected chi connectivity index (χ1v) is 4.62. The molecule has 0 aromatic rings. The number of morpholine rings is 1. The fraction of sp³-hybridized carbons (Fsp3) is 0.875. The molecule has 5 N–H and O–H groups in total. The summed E-state index contributed by atoms with van der Waals surface area (Å²) in [6.45, 7) is 2.13. The van der Waals surface area contributed by atoms with Gasteiger partial charge in [0.15, 0.2) is 0 Å². The number of carbonyl (C=O) groups is 1. The Labute approximate surface area is 82.8 Å². The zero-order chi connectivity index (χ0) is 10.6. The van der Waals surface area contributed by atoms with Crippen LogP contribution >= 0.6 is 0 Å². The van der Waals surface area contributed by atoms with Gasteiger partial charge in [-0.1, -0.05) is 0 Å². The standard InChI is InChI=1S/C8H17N3O3/c9-7(8(10)13)3-11-1-2-14-5-6(11)4-12/h6-7,12H,1-5,9H2,(H2,10,13). The third-order valence-electron chi connectivity index (χ3n) is 2.36. The zero-order valence-electron chi connectivity index (χ0n) is 8.06. The molecule has 1 aliphatic rings. The summed E-state index contributed by atoms with van der Waals surface area (Å²) in [6.07, 6.45) is 0. The van der Waals surface area contributed by atoms with Gasteiger partial charge in [0.05, 0.1) is 31.9 Å². The summed E-state index contributed by atoms with van der Waals surface area (Å²) in [6, 6.07) is -0.753. The first-order valence-electron chi connectivity index (χ1n) is 4.62. The third kappa shape index (κ3) is 2.91. The molecule has 0 aliphatic carbocycles. The number of nitrogens with zero attached hydrogens (tertiary/aromatic N) is 1. The van der Waals surface area contributed by atoms with Crippen LogP contribution in [0.15, 0.2) is 0 Å². The van der Waals surface area contributed by atoms with E-state index in [0.29, 0.717) is 26.3 Å². The number of hydrogen-bond donors (Lipinski definition) is 3. The predicted molar refractivity (Wildman–Crippen MR) is 50.4 cm³/mol. The van der Waals surface area contributed by atoms with Gasteiger partial charge >= 0.3 is 0 Å². The number of aliphatic hydroxyl groups is 1. The van der Waals surface area contributed by atoms with E-state index in [1.807, 2.05) is 4.90 Å². The summed E-state index contributed by atoms with van der Waals surface area (Å²) in [5, 5.41) is 9.03. The van der Waals surface area contributed by atoms with Crippen LogP contribution in [0.5, 0.6) is 0 Å². The first-order chi connectivity index (χ1) is 6.65. The molecular weight excluding hydrogens is 186 g/mol. The lowest BCUT2D eigenvalue weighted by Gasteiger charge is -2.35. The molecule has 2 unspecified atom stereocenters. The van der Waals surface area contributed by atoms with Crippen molar-refractivity contribution in [2.75, 3.05) is 32.9 Å². The highest BCUT2D eigenvalue weighted by Crippen LogP contribution is 2.06. The van der Waals surface area contributed by atoms with E-state index in [0.717, 1.165) is 0 Å². The van der Waals surface area contributed by atoms with Crippen LogP contribution in [-0.2, 0) is 9.53 Å². The summed E-state index contributed by atoms with van der Waals surface area (Å²) in [7, 11) is 0. The summed E-state index contributed by atoms with van der Waals surface area (Å²) >= 11 is 0. The Hall–Kier alpha value is -0.690.